The van der Waals surface area contributed by atoms with Crippen LogP contribution in [-0.4, -0.2) is 42.1 Å². The number of thioether (sulfide) groups is 1. The quantitative estimate of drug-likeness (QED) is 0.570. The molecule has 1 saturated heterocycles. The predicted molar refractivity (Wildman–Crippen MR) is 77.2 cm³/mol. The van der Waals surface area contributed by atoms with Gasteiger partial charge in [0.1, 0.15) is 5.25 Å². The van der Waals surface area contributed by atoms with Crippen molar-refractivity contribution in [3.63, 3.8) is 0 Å². The summed E-state index contributed by atoms with van der Waals surface area (Å²) in [5.41, 5.74) is 0. The lowest BCUT2D eigenvalue weighted by atomic mass is 9.99. The SMILES string of the molecule is CCOCCCN1C(=O)[C@H](SC)[C@H]1c1cccs1. The van der Waals surface area contributed by atoms with E-state index in [1.807, 2.05) is 18.1 Å². The average molecular weight is 285 g/mol. The van der Waals surface area contributed by atoms with Gasteiger partial charge in [-0.3, -0.25) is 4.79 Å². The van der Waals surface area contributed by atoms with Crippen molar-refractivity contribution in [1.29, 1.82) is 0 Å². The molecule has 1 aromatic rings. The molecule has 1 amide bonds. The van der Waals surface area contributed by atoms with Gasteiger partial charge in [0.05, 0.1) is 6.04 Å². The number of carbonyl (C=O) groups is 1. The Balaban J connectivity index is 1.94. The Morgan fingerprint density at radius 2 is 2.39 bits per heavy atom. The summed E-state index contributed by atoms with van der Waals surface area (Å²) in [4.78, 5) is 15.3. The molecule has 0 radical (unpaired) electrons. The van der Waals surface area contributed by atoms with Crippen LogP contribution in [-0.2, 0) is 9.53 Å². The van der Waals surface area contributed by atoms with Crippen molar-refractivity contribution in [2.75, 3.05) is 26.0 Å². The van der Waals surface area contributed by atoms with Gasteiger partial charge in [0, 0.05) is 24.6 Å². The van der Waals surface area contributed by atoms with Gasteiger partial charge < -0.3 is 9.64 Å². The number of β-lactam (4-membered cyclic amide) rings is 1. The van der Waals surface area contributed by atoms with Gasteiger partial charge in [0.15, 0.2) is 0 Å². The van der Waals surface area contributed by atoms with Crippen molar-refractivity contribution >= 4 is 29.0 Å². The first-order valence-electron chi connectivity index (χ1n) is 6.24. The maximum atomic E-state index is 12.0. The maximum Gasteiger partial charge on any atom is 0.238 e. The fraction of sp³-hybridized carbons (Fsp3) is 0.615. The molecular formula is C13H19NO2S2. The third-order valence-corrected chi connectivity index (χ3v) is 5.04. The molecule has 2 rings (SSSR count). The lowest BCUT2D eigenvalue weighted by Crippen LogP contribution is -2.57. The molecule has 100 valence electrons. The Labute approximate surface area is 117 Å². The molecule has 0 aromatic carbocycles. The molecule has 1 aliphatic rings. The topological polar surface area (TPSA) is 29.5 Å². The third kappa shape index (κ3) is 2.73. The van der Waals surface area contributed by atoms with Crippen molar-refractivity contribution in [3.8, 4) is 0 Å². The number of hydrogen-bond acceptors (Lipinski definition) is 4. The summed E-state index contributed by atoms with van der Waals surface area (Å²) in [5.74, 6) is 0.275. The highest BCUT2D eigenvalue weighted by Gasteiger charge is 2.47. The molecule has 0 saturated carbocycles. The smallest absolute Gasteiger partial charge is 0.238 e. The van der Waals surface area contributed by atoms with Crippen LogP contribution in [0.1, 0.15) is 24.3 Å². The van der Waals surface area contributed by atoms with Crippen LogP contribution < -0.4 is 0 Å². The van der Waals surface area contributed by atoms with Crippen molar-refractivity contribution in [2.24, 2.45) is 0 Å². The minimum Gasteiger partial charge on any atom is -0.382 e. The third-order valence-electron chi connectivity index (χ3n) is 3.13. The molecule has 1 aliphatic heterocycles. The van der Waals surface area contributed by atoms with E-state index in [1.54, 1.807) is 23.1 Å². The molecule has 1 fully saturated rings. The number of thiophene rings is 1. The molecule has 2 heterocycles. The highest BCUT2D eigenvalue weighted by molar-refractivity contribution is 8.00. The van der Waals surface area contributed by atoms with Gasteiger partial charge in [-0.2, -0.15) is 0 Å². The summed E-state index contributed by atoms with van der Waals surface area (Å²) in [6.45, 7) is 4.28. The second-order valence-corrected chi connectivity index (χ2v) is 6.16. The number of likely N-dealkylation sites (tertiary alicyclic amines) is 1. The number of hydrogen-bond donors (Lipinski definition) is 0. The van der Waals surface area contributed by atoms with Crippen LogP contribution in [0.15, 0.2) is 17.5 Å². The van der Waals surface area contributed by atoms with Crippen LogP contribution in [0.3, 0.4) is 0 Å². The summed E-state index contributed by atoms with van der Waals surface area (Å²) < 4.78 is 5.33. The van der Waals surface area contributed by atoms with Gasteiger partial charge in [-0.15, -0.1) is 23.1 Å². The monoisotopic (exact) mass is 285 g/mol. The minimum absolute atomic E-state index is 0.107. The second kappa shape index (κ2) is 6.59. The first-order valence-corrected chi connectivity index (χ1v) is 8.40. The summed E-state index contributed by atoms with van der Waals surface area (Å²) >= 11 is 3.39. The minimum atomic E-state index is 0.107. The van der Waals surface area contributed by atoms with E-state index in [4.69, 9.17) is 4.74 Å². The summed E-state index contributed by atoms with van der Waals surface area (Å²) in [5, 5.41) is 2.18. The number of amides is 1. The van der Waals surface area contributed by atoms with E-state index in [9.17, 15) is 4.79 Å². The van der Waals surface area contributed by atoms with E-state index in [1.165, 1.54) is 4.88 Å². The predicted octanol–water partition coefficient (Wildman–Crippen LogP) is 2.79. The lowest BCUT2D eigenvalue weighted by molar-refractivity contribution is -0.145. The van der Waals surface area contributed by atoms with Crippen molar-refractivity contribution in [3.05, 3.63) is 22.4 Å². The summed E-state index contributed by atoms with van der Waals surface area (Å²) in [6, 6.07) is 4.45. The van der Waals surface area contributed by atoms with Crippen molar-refractivity contribution < 1.29 is 9.53 Å². The van der Waals surface area contributed by atoms with E-state index in [2.05, 4.69) is 17.5 Å². The van der Waals surface area contributed by atoms with E-state index in [0.29, 0.717) is 0 Å². The van der Waals surface area contributed by atoms with Crippen molar-refractivity contribution in [2.45, 2.75) is 24.6 Å². The van der Waals surface area contributed by atoms with Gasteiger partial charge in [0.25, 0.3) is 0 Å². The Kier molecular flexibility index (Phi) is 5.09. The zero-order valence-electron chi connectivity index (χ0n) is 10.8. The number of nitrogens with zero attached hydrogens (tertiary/aromatic N) is 1. The highest BCUT2D eigenvalue weighted by atomic mass is 32.2. The number of rotatable bonds is 7. The molecule has 0 aliphatic carbocycles. The average Bonchev–Trinajstić information content (AvgIpc) is 2.88. The molecule has 18 heavy (non-hydrogen) atoms. The fourth-order valence-electron chi connectivity index (χ4n) is 2.24. The van der Waals surface area contributed by atoms with Crippen LogP contribution in [0, 0.1) is 0 Å². The zero-order chi connectivity index (χ0) is 13.0. The zero-order valence-corrected chi connectivity index (χ0v) is 12.4. The first kappa shape index (κ1) is 13.9. The van der Waals surface area contributed by atoms with Gasteiger partial charge in [0.2, 0.25) is 5.91 Å². The molecule has 0 spiro atoms. The number of ether oxygens (including phenoxy) is 1. The molecular weight excluding hydrogens is 266 g/mol. The Hall–Kier alpha value is -0.520. The van der Waals surface area contributed by atoms with E-state index in [-0.39, 0.29) is 17.2 Å². The molecule has 5 heteroatoms. The van der Waals surface area contributed by atoms with Gasteiger partial charge >= 0.3 is 0 Å². The molecule has 0 unspecified atom stereocenters. The molecule has 3 nitrogen and oxygen atoms in total. The molecule has 2 atom stereocenters. The number of carbonyl (C=O) groups excluding carboxylic acids is 1. The van der Waals surface area contributed by atoms with E-state index in [0.717, 1.165) is 26.2 Å². The van der Waals surface area contributed by atoms with Gasteiger partial charge in [-0.25, -0.2) is 0 Å². The maximum absolute atomic E-state index is 12.0. The first-order chi connectivity index (χ1) is 8.79. The summed E-state index contributed by atoms with van der Waals surface area (Å²) in [6.07, 6.45) is 2.93. The molecule has 1 aromatic heterocycles. The van der Waals surface area contributed by atoms with Crippen LogP contribution in [0.2, 0.25) is 0 Å². The van der Waals surface area contributed by atoms with Gasteiger partial charge in [-0.1, -0.05) is 6.07 Å². The second-order valence-electron chi connectivity index (χ2n) is 4.20. The molecule has 0 N–H and O–H groups in total. The highest BCUT2D eigenvalue weighted by Crippen LogP contribution is 2.42. The van der Waals surface area contributed by atoms with Crippen LogP contribution in [0.4, 0.5) is 0 Å². The van der Waals surface area contributed by atoms with E-state index < -0.39 is 0 Å². The standard InChI is InChI=1S/C13H19NO2S2/c1-3-16-8-5-7-14-11(10-6-4-9-18-10)12(17-2)13(14)15/h4,6,9,11-12H,3,5,7-8H2,1-2H3/t11-,12-/m1/s1. The summed E-state index contributed by atoms with van der Waals surface area (Å²) in [7, 11) is 0. The lowest BCUT2D eigenvalue weighted by Gasteiger charge is -2.46. The largest absolute Gasteiger partial charge is 0.382 e. The molecule has 0 bridgehead atoms. The van der Waals surface area contributed by atoms with E-state index >= 15 is 0 Å². The van der Waals surface area contributed by atoms with Crippen molar-refractivity contribution in [1.82, 2.24) is 4.90 Å². The van der Waals surface area contributed by atoms with Crippen LogP contribution in [0.5, 0.6) is 0 Å². The Bertz CT molecular complexity index is 380. The van der Waals surface area contributed by atoms with Gasteiger partial charge in [-0.05, 0) is 31.0 Å². The van der Waals surface area contributed by atoms with Crippen LogP contribution in [0.25, 0.3) is 0 Å². The fourth-order valence-corrected chi connectivity index (χ4v) is 4.09. The Morgan fingerprint density at radius 3 is 3.00 bits per heavy atom. The van der Waals surface area contributed by atoms with Crippen LogP contribution >= 0.6 is 23.1 Å². The Morgan fingerprint density at radius 1 is 1.56 bits per heavy atom. The normalized spacial score (nSPS) is 23.2.